The zero-order valence-electron chi connectivity index (χ0n) is 15.9. The van der Waals surface area contributed by atoms with E-state index in [1.54, 1.807) is 0 Å². The molecule has 1 saturated heterocycles. The SMILES string of the molecule is CC(=O)O[C@H]1CCC(C)(C)C2=C1C[C@@H]1/C(=C\OC3C=C(O)C(=O)O3)C(=O)O[C@H]21. The van der Waals surface area contributed by atoms with Crippen LogP contribution in [0.2, 0.25) is 0 Å². The number of carbonyl (C=O) groups excluding carboxylic acids is 3. The smallest absolute Gasteiger partial charge is 0.376 e. The van der Waals surface area contributed by atoms with Crippen LogP contribution < -0.4 is 0 Å². The van der Waals surface area contributed by atoms with E-state index < -0.39 is 30.1 Å². The third-order valence-electron chi connectivity index (χ3n) is 5.82. The van der Waals surface area contributed by atoms with E-state index in [1.165, 1.54) is 13.2 Å². The Bertz CT molecular complexity index is 846. The molecule has 1 fully saturated rings. The van der Waals surface area contributed by atoms with Gasteiger partial charge in [-0.05, 0) is 35.8 Å². The summed E-state index contributed by atoms with van der Waals surface area (Å²) in [7, 11) is 0. The van der Waals surface area contributed by atoms with Gasteiger partial charge in [-0.1, -0.05) is 13.8 Å². The third kappa shape index (κ3) is 2.96. The summed E-state index contributed by atoms with van der Waals surface area (Å²) in [4.78, 5) is 35.1. The molecule has 0 spiro atoms. The van der Waals surface area contributed by atoms with Crippen LogP contribution in [-0.4, -0.2) is 41.5 Å². The zero-order chi connectivity index (χ0) is 20.2. The van der Waals surface area contributed by atoms with Crippen LogP contribution in [0, 0.1) is 11.3 Å². The van der Waals surface area contributed by atoms with Crippen LogP contribution in [0.4, 0.5) is 0 Å². The molecular weight excluding hydrogens is 368 g/mol. The highest BCUT2D eigenvalue weighted by molar-refractivity contribution is 5.92. The second-order valence-corrected chi connectivity index (χ2v) is 8.13. The lowest BCUT2D eigenvalue weighted by Crippen LogP contribution is -2.33. The highest BCUT2D eigenvalue weighted by Gasteiger charge is 2.54. The van der Waals surface area contributed by atoms with Crippen LogP contribution in [-0.2, 0) is 33.3 Å². The molecule has 4 atom stereocenters. The molecule has 2 aliphatic carbocycles. The molecule has 4 rings (SSSR count). The minimum Gasteiger partial charge on any atom is -0.502 e. The number of aliphatic hydroxyl groups is 1. The average Bonchev–Trinajstić information content (AvgIpc) is 3.21. The van der Waals surface area contributed by atoms with Crippen molar-refractivity contribution in [3.05, 3.63) is 34.8 Å². The fourth-order valence-electron chi connectivity index (χ4n) is 4.58. The number of carbonyl (C=O) groups is 3. The van der Waals surface area contributed by atoms with Gasteiger partial charge in [0.15, 0.2) is 0 Å². The Labute approximate surface area is 161 Å². The fraction of sp³-hybridized carbons (Fsp3) is 0.550. The van der Waals surface area contributed by atoms with Crippen molar-refractivity contribution in [2.45, 2.75) is 58.5 Å². The number of ether oxygens (including phenoxy) is 4. The molecule has 0 radical (unpaired) electrons. The third-order valence-corrected chi connectivity index (χ3v) is 5.82. The quantitative estimate of drug-likeness (QED) is 0.257. The van der Waals surface area contributed by atoms with Crippen LogP contribution in [0.3, 0.4) is 0 Å². The minimum atomic E-state index is -1.08. The first-order valence-electron chi connectivity index (χ1n) is 9.26. The molecule has 0 bridgehead atoms. The standard InChI is InChI=1S/C20H22O8/c1-9(21)26-14-4-5-20(2,3)16-11(14)6-10-12(18(23)28-17(10)16)8-25-15-7-13(22)19(24)27-15/h7-8,10,14-15,17,22H,4-6H2,1-3H3/b12-8+/t10-,14+,15?,17+/m1/s1. The first-order chi connectivity index (χ1) is 13.2. The van der Waals surface area contributed by atoms with Crippen LogP contribution in [0.25, 0.3) is 0 Å². The van der Waals surface area contributed by atoms with Gasteiger partial charge in [-0.25, -0.2) is 9.59 Å². The summed E-state index contributed by atoms with van der Waals surface area (Å²) in [6, 6.07) is 0. The Kier molecular flexibility index (Phi) is 4.24. The number of rotatable bonds is 3. The van der Waals surface area contributed by atoms with Crippen LogP contribution >= 0.6 is 0 Å². The van der Waals surface area contributed by atoms with Gasteiger partial charge in [-0.15, -0.1) is 0 Å². The van der Waals surface area contributed by atoms with Crippen molar-refractivity contribution in [3.8, 4) is 0 Å². The molecule has 0 aromatic rings. The number of aliphatic hydroxyl groups excluding tert-OH is 1. The molecule has 150 valence electrons. The number of esters is 3. The second-order valence-electron chi connectivity index (χ2n) is 8.13. The van der Waals surface area contributed by atoms with E-state index in [4.69, 9.17) is 18.9 Å². The van der Waals surface area contributed by atoms with Gasteiger partial charge in [-0.2, -0.15) is 0 Å². The summed E-state index contributed by atoms with van der Waals surface area (Å²) in [5, 5.41) is 9.31. The number of cyclic esters (lactones) is 1. The number of hydrogen-bond acceptors (Lipinski definition) is 8. The van der Waals surface area contributed by atoms with Crippen molar-refractivity contribution in [1.29, 1.82) is 0 Å². The zero-order valence-corrected chi connectivity index (χ0v) is 15.9. The molecule has 0 aromatic carbocycles. The Morgan fingerprint density at radius 2 is 2.04 bits per heavy atom. The highest BCUT2D eigenvalue weighted by Crippen LogP contribution is 2.55. The topological polar surface area (TPSA) is 108 Å². The van der Waals surface area contributed by atoms with E-state index in [1.807, 2.05) is 0 Å². The largest absolute Gasteiger partial charge is 0.502 e. The summed E-state index contributed by atoms with van der Waals surface area (Å²) in [6.45, 7) is 5.60. The van der Waals surface area contributed by atoms with Crippen molar-refractivity contribution in [2.75, 3.05) is 0 Å². The molecular formula is C20H22O8. The number of hydrogen-bond donors (Lipinski definition) is 1. The van der Waals surface area contributed by atoms with Crippen LogP contribution in [0.15, 0.2) is 34.8 Å². The van der Waals surface area contributed by atoms with E-state index in [2.05, 4.69) is 13.8 Å². The van der Waals surface area contributed by atoms with Crippen molar-refractivity contribution in [2.24, 2.45) is 11.3 Å². The maximum Gasteiger partial charge on any atom is 0.376 e. The van der Waals surface area contributed by atoms with Gasteiger partial charge < -0.3 is 24.1 Å². The molecule has 0 aromatic heterocycles. The second kappa shape index (κ2) is 6.39. The summed E-state index contributed by atoms with van der Waals surface area (Å²) in [6.07, 6.45) is 2.65. The lowest BCUT2D eigenvalue weighted by atomic mass is 9.71. The van der Waals surface area contributed by atoms with Crippen molar-refractivity contribution < 1.29 is 38.4 Å². The first kappa shape index (κ1) is 18.6. The lowest BCUT2D eigenvalue weighted by Gasteiger charge is -2.37. The van der Waals surface area contributed by atoms with E-state index in [-0.39, 0.29) is 23.4 Å². The minimum absolute atomic E-state index is 0.169. The Balaban J connectivity index is 1.58. The van der Waals surface area contributed by atoms with Crippen molar-refractivity contribution >= 4 is 17.9 Å². The van der Waals surface area contributed by atoms with Crippen molar-refractivity contribution in [1.82, 2.24) is 0 Å². The molecule has 8 heteroatoms. The summed E-state index contributed by atoms with van der Waals surface area (Å²) in [5.74, 6) is -2.47. The van der Waals surface area contributed by atoms with E-state index in [9.17, 15) is 19.5 Å². The molecule has 1 unspecified atom stereocenters. The van der Waals surface area contributed by atoms with Crippen LogP contribution in [0.1, 0.15) is 40.0 Å². The normalized spacial score (nSPS) is 34.5. The van der Waals surface area contributed by atoms with Gasteiger partial charge in [-0.3, -0.25) is 4.79 Å². The van der Waals surface area contributed by atoms with Gasteiger partial charge in [0.2, 0.25) is 5.76 Å². The molecule has 28 heavy (non-hydrogen) atoms. The summed E-state index contributed by atoms with van der Waals surface area (Å²) >= 11 is 0. The maximum absolute atomic E-state index is 12.4. The van der Waals surface area contributed by atoms with Gasteiger partial charge in [0.05, 0.1) is 11.8 Å². The maximum atomic E-state index is 12.4. The summed E-state index contributed by atoms with van der Waals surface area (Å²) in [5.41, 5.74) is 2.21. The number of fused-ring (bicyclic) bond motifs is 2. The Hall–Kier alpha value is -2.77. The van der Waals surface area contributed by atoms with Crippen LogP contribution in [0.5, 0.6) is 0 Å². The molecule has 1 N–H and O–H groups in total. The predicted molar refractivity (Wildman–Crippen MR) is 93.3 cm³/mol. The van der Waals surface area contributed by atoms with Gasteiger partial charge in [0.25, 0.3) is 6.29 Å². The average molecular weight is 390 g/mol. The highest BCUT2D eigenvalue weighted by atomic mass is 16.7. The van der Waals surface area contributed by atoms with E-state index in [0.29, 0.717) is 12.0 Å². The molecule has 4 aliphatic rings. The monoisotopic (exact) mass is 390 g/mol. The molecule has 8 nitrogen and oxygen atoms in total. The molecule has 0 amide bonds. The lowest BCUT2D eigenvalue weighted by molar-refractivity contribution is -0.154. The molecule has 2 heterocycles. The molecule has 0 saturated carbocycles. The predicted octanol–water partition coefficient (Wildman–Crippen LogP) is 2.21. The summed E-state index contributed by atoms with van der Waals surface area (Å²) < 4.78 is 21.3. The van der Waals surface area contributed by atoms with E-state index in [0.717, 1.165) is 30.1 Å². The Morgan fingerprint density at radius 3 is 2.68 bits per heavy atom. The van der Waals surface area contributed by atoms with Gasteiger partial charge in [0, 0.05) is 18.9 Å². The van der Waals surface area contributed by atoms with Gasteiger partial charge in [0.1, 0.15) is 12.2 Å². The fourth-order valence-corrected chi connectivity index (χ4v) is 4.58. The Morgan fingerprint density at radius 1 is 1.29 bits per heavy atom. The molecule has 2 aliphatic heterocycles. The first-order valence-corrected chi connectivity index (χ1v) is 9.26. The van der Waals surface area contributed by atoms with E-state index >= 15 is 0 Å². The van der Waals surface area contributed by atoms with Crippen molar-refractivity contribution in [3.63, 3.8) is 0 Å². The van der Waals surface area contributed by atoms with Gasteiger partial charge >= 0.3 is 17.9 Å².